The van der Waals surface area contributed by atoms with Crippen molar-refractivity contribution >= 4 is 11.7 Å². The van der Waals surface area contributed by atoms with Gasteiger partial charge >= 0.3 is 0 Å². The van der Waals surface area contributed by atoms with Crippen molar-refractivity contribution in [3.63, 3.8) is 0 Å². The van der Waals surface area contributed by atoms with Gasteiger partial charge in [-0.25, -0.2) is 4.98 Å². The predicted molar refractivity (Wildman–Crippen MR) is 76.7 cm³/mol. The molecule has 1 heterocycles. The summed E-state index contributed by atoms with van der Waals surface area (Å²) in [4.78, 5) is 15.8. The number of anilines is 1. The molecule has 1 fully saturated rings. The molecule has 0 radical (unpaired) electrons. The van der Waals surface area contributed by atoms with E-state index < -0.39 is 0 Å². The lowest BCUT2D eigenvalue weighted by Crippen LogP contribution is -2.27. The standard InChI is InChI=1S/C15H23N3O/c1-11-2-4-12(5-3-11)8-9-17-15(19)13-6-7-14(16)18-10-13/h6-7,10-12H,2-5,8-9H2,1H3,(H2,16,18)(H,17,19). The van der Waals surface area contributed by atoms with Crippen molar-refractivity contribution in [1.29, 1.82) is 0 Å². The maximum absolute atomic E-state index is 11.9. The molecule has 0 atom stereocenters. The van der Waals surface area contributed by atoms with Crippen molar-refractivity contribution in [2.75, 3.05) is 12.3 Å². The molecule has 0 aromatic carbocycles. The molecule has 4 heteroatoms. The van der Waals surface area contributed by atoms with Gasteiger partial charge in [0.1, 0.15) is 5.82 Å². The van der Waals surface area contributed by atoms with Crippen molar-refractivity contribution in [2.24, 2.45) is 11.8 Å². The Balaban J connectivity index is 1.70. The van der Waals surface area contributed by atoms with Crippen LogP contribution in [-0.4, -0.2) is 17.4 Å². The molecule has 0 spiro atoms. The first kappa shape index (κ1) is 13.8. The number of aromatic nitrogens is 1. The van der Waals surface area contributed by atoms with Crippen LogP contribution in [0.1, 0.15) is 49.4 Å². The molecule has 0 unspecified atom stereocenters. The Labute approximate surface area is 114 Å². The van der Waals surface area contributed by atoms with Crippen LogP contribution < -0.4 is 11.1 Å². The van der Waals surface area contributed by atoms with Gasteiger partial charge in [0, 0.05) is 12.7 Å². The molecule has 4 nitrogen and oxygen atoms in total. The maximum atomic E-state index is 11.9. The van der Waals surface area contributed by atoms with Crippen molar-refractivity contribution < 1.29 is 4.79 Å². The van der Waals surface area contributed by atoms with Crippen molar-refractivity contribution in [3.8, 4) is 0 Å². The first-order chi connectivity index (χ1) is 9.15. The summed E-state index contributed by atoms with van der Waals surface area (Å²) in [7, 11) is 0. The van der Waals surface area contributed by atoms with Gasteiger partial charge in [-0.2, -0.15) is 0 Å². The summed E-state index contributed by atoms with van der Waals surface area (Å²) >= 11 is 0. The van der Waals surface area contributed by atoms with Crippen LogP contribution in [0.5, 0.6) is 0 Å². The Hall–Kier alpha value is -1.58. The minimum atomic E-state index is -0.0586. The third-order valence-corrected chi connectivity index (χ3v) is 4.02. The Kier molecular flexibility index (Phi) is 4.77. The normalized spacial score (nSPS) is 23.0. The number of hydrogen-bond acceptors (Lipinski definition) is 3. The number of nitrogens with zero attached hydrogens (tertiary/aromatic N) is 1. The van der Waals surface area contributed by atoms with Gasteiger partial charge in [0.25, 0.3) is 5.91 Å². The molecular weight excluding hydrogens is 238 g/mol. The first-order valence-electron chi connectivity index (χ1n) is 7.15. The number of carbonyl (C=O) groups excluding carboxylic acids is 1. The van der Waals surface area contributed by atoms with E-state index in [1.165, 1.54) is 31.9 Å². The number of rotatable bonds is 4. The molecule has 1 amide bonds. The van der Waals surface area contributed by atoms with Gasteiger partial charge in [0.05, 0.1) is 5.56 Å². The SMILES string of the molecule is CC1CCC(CCNC(=O)c2ccc(N)nc2)CC1. The highest BCUT2D eigenvalue weighted by atomic mass is 16.1. The highest BCUT2D eigenvalue weighted by Gasteiger charge is 2.18. The summed E-state index contributed by atoms with van der Waals surface area (Å²) in [6, 6.07) is 3.36. The van der Waals surface area contributed by atoms with Crippen LogP contribution in [-0.2, 0) is 0 Å². The number of nitrogen functional groups attached to an aromatic ring is 1. The highest BCUT2D eigenvalue weighted by molar-refractivity contribution is 5.93. The zero-order valence-corrected chi connectivity index (χ0v) is 11.6. The van der Waals surface area contributed by atoms with Gasteiger partial charge in [-0.3, -0.25) is 4.79 Å². The zero-order valence-electron chi connectivity index (χ0n) is 11.6. The highest BCUT2D eigenvalue weighted by Crippen LogP contribution is 2.29. The Morgan fingerprint density at radius 3 is 2.74 bits per heavy atom. The molecule has 1 saturated carbocycles. The summed E-state index contributed by atoms with van der Waals surface area (Å²) in [5.74, 6) is 2.04. The summed E-state index contributed by atoms with van der Waals surface area (Å²) < 4.78 is 0. The van der Waals surface area contributed by atoms with Gasteiger partial charge in [-0.1, -0.05) is 32.6 Å². The smallest absolute Gasteiger partial charge is 0.252 e. The van der Waals surface area contributed by atoms with E-state index in [1.807, 2.05) is 0 Å². The first-order valence-corrected chi connectivity index (χ1v) is 7.15. The summed E-state index contributed by atoms with van der Waals surface area (Å²) in [6.07, 6.45) is 7.88. The van der Waals surface area contributed by atoms with Gasteiger partial charge < -0.3 is 11.1 Å². The van der Waals surface area contributed by atoms with E-state index in [4.69, 9.17) is 5.73 Å². The number of carbonyl (C=O) groups is 1. The molecule has 1 aliphatic rings. The van der Waals surface area contributed by atoms with Crippen LogP contribution >= 0.6 is 0 Å². The largest absolute Gasteiger partial charge is 0.384 e. The van der Waals surface area contributed by atoms with Crippen molar-refractivity contribution in [2.45, 2.75) is 39.0 Å². The quantitative estimate of drug-likeness (QED) is 0.875. The average Bonchev–Trinajstić information content (AvgIpc) is 2.41. The minimum Gasteiger partial charge on any atom is -0.384 e. The third kappa shape index (κ3) is 4.23. The number of nitrogens with one attached hydrogen (secondary N) is 1. The fourth-order valence-corrected chi connectivity index (χ4v) is 2.65. The Morgan fingerprint density at radius 1 is 1.37 bits per heavy atom. The van der Waals surface area contributed by atoms with Crippen LogP contribution in [0, 0.1) is 11.8 Å². The number of hydrogen-bond donors (Lipinski definition) is 2. The molecule has 0 saturated heterocycles. The fraction of sp³-hybridized carbons (Fsp3) is 0.600. The van der Waals surface area contributed by atoms with E-state index in [-0.39, 0.29) is 5.91 Å². The fourth-order valence-electron chi connectivity index (χ4n) is 2.65. The molecular formula is C15H23N3O. The van der Waals surface area contributed by atoms with E-state index in [2.05, 4.69) is 17.2 Å². The lowest BCUT2D eigenvalue weighted by molar-refractivity contribution is 0.0949. The lowest BCUT2D eigenvalue weighted by atomic mass is 9.81. The van der Waals surface area contributed by atoms with E-state index in [9.17, 15) is 4.79 Å². The number of nitrogens with two attached hydrogens (primary N) is 1. The van der Waals surface area contributed by atoms with Gasteiger partial charge in [0.15, 0.2) is 0 Å². The van der Waals surface area contributed by atoms with Crippen molar-refractivity contribution in [3.05, 3.63) is 23.9 Å². The molecule has 0 aliphatic heterocycles. The van der Waals surface area contributed by atoms with Crippen LogP contribution in [0.3, 0.4) is 0 Å². The van der Waals surface area contributed by atoms with Crippen LogP contribution in [0.2, 0.25) is 0 Å². The Morgan fingerprint density at radius 2 is 2.11 bits per heavy atom. The average molecular weight is 261 g/mol. The van der Waals surface area contributed by atoms with E-state index in [1.54, 1.807) is 12.1 Å². The summed E-state index contributed by atoms with van der Waals surface area (Å²) in [5.41, 5.74) is 6.07. The summed E-state index contributed by atoms with van der Waals surface area (Å²) in [6.45, 7) is 3.08. The summed E-state index contributed by atoms with van der Waals surface area (Å²) in [5, 5.41) is 2.96. The predicted octanol–water partition coefficient (Wildman–Crippen LogP) is 2.61. The van der Waals surface area contributed by atoms with Gasteiger partial charge in [-0.15, -0.1) is 0 Å². The topological polar surface area (TPSA) is 68.0 Å². The Bertz CT molecular complexity index is 408. The molecule has 0 bridgehead atoms. The van der Waals surface area contributed by atoms with Crippen LogP contribution in [0.25, 0.3) is 0 Å². The second-order valence-corrected chi connectivity index (χ2v) is 5.64. The molecule has 1 aliphatic carbocycles. The molecule has 1 aromatic rings. The monoisotopic (exact) mass is 261 g/mol. The molecule has 1 aromatic heterocycles. The molecule has 3 N–H and O–H groups in total. The molecule has 2 rings (SSSR count). The molecule has 104 valence electrons. The minimum absolute atomic E-state index is 0.0586. The van der Waals surface area contributed by atoms with Gasteiger partial charge in [-0.05, 0) is 30.4 Å². The second-order valence-electron chi connectivity index (χ2n) is 5.64. The van der Waals surface area contributed by atoms with Crippen molar-refractivity contribution in [1.82, 2.24) is 10.3 Å². The van der Waals surface area contributed by atoms with Crippen LogP contribution in [0.4, 0.5) is 5.82 Å². The zero-order chi connectivity index (χ0) is 13.7. The third-order valence-electron chi connectivity index (χ3n) is 4.02. The second kappa shape index (κ2) is 6.55. The van der Waals surface area contributed by atoms with E-state index in [0.717, 1.165) is 24.8 Å². The van der Waals surface area contributed by atoms with Gasteiger partial charge in [0.2, 0.25) is 0 Å². The molecule has 19 heavy (non-hydrogen) atoms. The van der Waals surface area contributed by atoms with E-state index >= 15 is 0 Å². The number of amides is 1. The van der Waals surface area contributed by atoms with E-state index in [0.29, 0.717) is 11.4 Å². The maximum Gasteiger partial charge on any atom is 0.252 e. The van der Waals surface area contributed by atoms with Crippen LogP contribution in [0.15, 0.2) is 18.3 Å². The number of pyridine rings is 1. The lowest BCUT2D eigenvalue weighted by Gasteiger charge is -2.26.